The van der Waals surface area contributed by atoms with Gasteiger partial charge in [-0.3, -0.25) is 4.98 Å². The van der Waals surface area contributed by atoms with Gasteiger partial charge in [-0.1, -0.05) is 29.3 Å². The molecule has 1 saturated carbocycles. The van der Waals surface area contributed by atoms with Gasteiger partial charge >= 0.3 is 0 Å². The highest BCUT2D eigenvalue weighted by atomic mass is 35.5. The SMILES string of the molecule is Cc1cc(C)c(Oc2nc(-c3cncc(Cl)c3)ccc2S(=O)O)c(C2CC2)c1. The minimum atomic E-state index is -2.23. The second-order valence-electron chi connectivity index (χ2n) is 7.02. The van der Waals surface area contributed by atoms with Crippen molar-refractivity contribution in [1.29, 1.82) is 0 Å². The lowest BCUT2D eigenvalue weighted by atomic mass is 10.0. The fraction of sp³-hybridized carbons (Fsp3) is 0.238. The van der Waals surface area contributed by atoms with Gasteiger partial charge in [-0.2, -0.15) is 0 Å². The van der Waals surface area contributed by atoms with E-state index in [1.807, 2.05) is 13.0 Å². The van der Waals surface area contributed by atoms with Crippen LogP contribution < -0.4 is 4.74 Å². The molecule has 1 aromatic carbocycles. The Morgan fingerprint density at radius 3 is 2.64 bits per heavy atom. The van der Waals surface area contributed by atoms with E-state index in [4.69, 9.17) is 16.3 Å². The van der Waals surface area contributed by atoms with Gasteiger partial charge in [0.15, 0.2) is 11.1 Å². The summed E-state index contributed by atoms with van der Waals surface area (Å²) < 4.78 is 27.7. The molecule has 3 aromatic rings. The number of aryl methyl sites for hydroxylation is 2. The molecule has 1 N–H and O–H groups in total. The summed E-state index contributed by atoms with van der Waals surface area (Å²) in [6.45, 7) is 4.04. The van der Waals surface area contributed by atoms with Gasteiger partial charge in [0.25, 0.3) is 0 Å². The van der Waals surface area contributed by atoms with Gasteiger partial charge in [0.2, 0.25) is 5.88 Å². The summed E-state index contributed by atoms with van der Waals surface area (Å²) in [5.74, 6) is 1.30. The number of nitrogens with zero attached hydrogens (tertiary/aromatic N) is 2. The van der Waals surface area contributed by atoms with Crippen molar-refractivity contribution in [3.05, 3.63) is 64.4 Å². The molecule has 0 spiro atoms. The Hall–Kier alpha value is -2.28. The molecule has 7 heteroatoms. The van der Waals surface area contributed by atoms with Crippen LogP contribution in [0.3, 0.4) is 0 Å². The maximum absolute atomic E-state index is 11.8. The third-order valence-corrected chi connectivity index (χ3v) is 5.57. The molecular weight excluding hydrogens is 396 g/mol. The van der Waals surface area contributed by atoms with Crippen molar-refractivity contribution >= 4 is 22.7 Å². The maximum atomic E-state index is 11.8. The molecule has 1 fully saturated rings. The van der Waals surface area contributed by atoms with E-state index in [0.717, 1.165) is 24.0 Å². The highest BCUT2D eigenvalue weighted by Crippen LogP contribution is 2.47. The van der Waals surface area contributed by atoms with Gasteiger partial charge in [-0.05, 0) is 61.9 Å². The average Bonchev–Trinajstić information content (AvgIpc) is 3.48. The first-order valence-electron chi connectivity index (χ1n) is 8.94. The fourth-order valence-corrected chi connectivity index (χ4v) is 3.86. The van der Waals surface area contributed by atoms with Crippen LogP contribution in [0.25, 0.3) is 11.3 Å². The molecule has 28 heavy (non-hydrogen) atoms. The van der Waals surface area contributed by atoms with Crippen molar-refractivity contribution in [2.24, 2.45) is 0 Å². The number of pyridine rings is 2. The molecule has 1 aliphatic carbocycles. The van der Waals surface area contributed by atoms with E-state index in [-0.39, 0.29) is 10.8 Å². The van der Waals surface area contributed by atoms with Crippen LogP contribution in [0, 0.1) is 13.8 Å². The van der Waals surface area contributed by atoms with E-state index < -0.39 is 11.1 Å². The van der Waals surface area contributed by atoms with E-state index in [0.29, 0.717) is 27.9 Å². The third kappa shape index (κ3) is 3.94. The number of aromatic nitrogens is 2. The van der Waals surface area contributed by atoms with Crippen LogP contribution in [0.2, 0.25) is 5.02 Å². The summed E-state index contributed by atoms with van der Waals surface area (Å²) in [5.41, 5.74) is 4.55. The lowest BCUT2D eigenvalue weighted by Crippen LogP contribution is -2.02. The van der Waals surface area contributed by atoms with Crippen molar-refractivity contribution in [3.8, 4) is 22.9 Å². The summed E-state index contributed by atoms with van der Waals surface area (Å²) in [7, 11) is 0. The molecule has 2 heterocycles. The number of ether oxygens (including phenoxy) is 1. The maximum Gasteiger partial charge on any atom is 0.238 e. The predicted molar refractivity (Wildman–Crippen MR) is 109 cm³/mol. The van der Waals surface area contributed by atoms with Crippen molar-refractivity contribution < 1.29 is 13.5 Å². The molecule has 1 atom stereocenters. The van der Waals surface area contributed by atoms with Crippen LogP contribution in [0.15, 0.2) is 47.6 Å². The summed E-state index contributed by atoms with van der Waals surface area (Å²) in [4.78, 5) is 8.72. The molecule has 4 rings (SSSR count). The second kappa shape index (κ2) is 7.62. The van der Waals surface area contributed by atoms with Crippen molar-refractivity contribution in [1.82, 2.24) is 9.97 Å². The molecule has 1 aliphatic rings. The summed E-state index contributed by atoms with van der Waals surface area (Å²) in [6.07, 6.45) is 5.43. The topological polar surface area (TPSA) is 72.3 Å². The normalized spacial score (nSPS) is 14.7. The Bertz CT molecular complexity index is 1080. The van der Waals surface area contributed by atoms with E-state index in [1.54, 1.807) is 24.4 Å². The second-order valence-corrected chi connectivity index (χ2v) is 8.39. The van der Waals surface area contributed by atoms with Gasteiger partial charge in [-0.25, -0.2) is 9.19 Å². The van der Waals surface area contributed by atoms with Gasteiger partial charge < -0.3 is 9.29 Å². The smallest absolute Gasteiger partial charge is 0.238 e. The Balaban J connectivity index is 1.81. The first kappa shape index (κ1) is 19.1. The zero-order chi connectivity index (χ0) is 19.8. The third-order valence-electron chi connectivity index (χ3n) is 4.68. The van der Waals surface area contributed by atoms with E-state index in [1.165, 1.54) is 11.8 Å². The van der Waals surface area contributed by atoms with Crippen molar-refractivity contribution in [2.45, 2.75) is 37.5 Å². The summed E-state index contributed by atoms with van der Waals surface area (Å²) >= 11 is 3.81. The molecule has 0 amide bonds. The van der Waals surface area contributed by atoms with Gasteiger partial charge in [0, 0.05) is 18.0 Å². The highest BCUT2D eigenvalue weighted by Gasteiger charge is 2.29. The Kier molecular flexibility index (Phi) is 5.19. The molecule has 144 valence electrons. The standard InChI is InChI=1S/C21H19ClN2O3S/c1-12-7-13(2)20(17(8-12)14-3-4-14)27-21-19(28(25)26)6-5-18(24-21)15-9-16(22)11-23-10-15/h5-11,14H,3-4H2,1-2H3,(H,25,26). The van der Waals surface area contributed by atoms with Gasteiger partial charge in [0.1, 0.15) is 10.6 Å². The average molecular weight is 415 g/mol. The lowest BCUT2D eigenvalue weighted by Gasteiger charge is -2.16. The zero-order valence-corrected chi connectivity index (χ0v) is 17.0. The number of rotatable bonds is 5. The molecule has 0 aliphatic heterocycles. The molecule has 0 saturated heterocycles. The van der Waals surface area contributed by atoms with Gasteiger partial charge in [0.05, 0.1) is 10.7 Å². The number of hydrogen-bond donors (Lipinski definition) is 1. The number of hydrogen-bond acceptors (Lipinski definition) is 4. The van der Waals surface area contributed by atoms with E-state index >= 15 is 0 Å². The minimum Gasteiger partial charge on any atom is -0.437 e. The van der Waals surface area contributed by atoms with Crippen LogP contribution in [0.1, 0.15) is 35.4 Å². The Morgan fingerprint density at radius 2 is 1.96 bits per heavy atom. The quantitative estimate of drug-likeness (QED) is 0.545. The van der Waals surface area contributed by atoms with Crippen LogP contribution in [-0.2, 0) is 11.1 Å². The molecular formula is C21H19ClN2O3S. The summed E-state index contributed by atoms with van der Waals surface area (Å²) in [6, 6.07) is 9.12. The number of benzene rings is 1. The first-order chi connectivity index (χ1) is 13.4. The fourth-order valence-electron chi connectivity index (χ4n) is 3.27. The molecule has 0 radical (unpaired) electrons. The first-order valence-corrected chi connectivity index (χ1v) is 10.4. The van der Waals surface area contributed by atoms with Crippen LogP contribution >= 0.6 is 11.6 Å². The lowest BCUT2D eigenvalue weighted by molar-refractivity contribution is 0.438. The summed E-state index contributed by atoms with van der Waals surface area (Å²) in [5, 5.41) is 0.488. The molecule has 0 bridgehead atoms. The highest BCUT2D eigenvalue weighted by molar-refractivity contribution is 7.79. The van der Waals surface area contributed by atoms with E-state index in [9.17, 15) is 8.76 Å². The zero-order valence-electron chi connectivity index (χ0n) is 15.5. The Labute approximate surface area is 171 Å². The number of halogens is 1. The van der Waals surface area contributed by atoms with Gasteiger partial charge in [-0.15, -0.1) is 0 Å². The molecule has 1 unspecified atom stereocenters. The van der Waals surface area contributed by atoms with E-state index in [2.05, 4.69) is 23.0 Å². The largest absolute Gasteiger partial charge is 0.437 e. The van der Waals surface area contributed by atoms with Crippen molar-refractivity contribution in [3.63, 3.8) is 0 Å². The molecule has 5 nitrogen and oxygen atoms in total. The Morgan fingerprint density at radius 1 is 1.18 bits per heavy atom. The van der Waals surface area contributed by atoms with Crippen molar-refractivity contribution in [2.75, 3.05) is 0 Å². The minimum absolute atomic E-state index is 0.118. The predicted octanol–water partition coefficient (Wildman–Crippen LogP) is 5.66. The van der Waals surface area contributed by atoms with Crippen LogP contribution in [0.5, 0.6) is 11.6 Å². The molecule has 2 aromatic heterocycles. The monoisotopic (exact) mass is 414 g/mol. The van der Waals surface area contributed by atoms with Crippen LogP contribution in [-0.4, -0.2) is 18.7 Å². The van der Waals surface area contributed by atoms with Crippen LogP contribution in [0.4, 0.5) is 0 Å².